The van der Waals surface area contributed by atoms with Gasteiger partial charge in [0.1, 0.15) is 0 Å². The molecule has 3 heterocycles. The van der Waals surface area contributed by atoms with Crippen molar-refractivity contribution in [2.24, 2.45) is 0 Å². The minimum absolute atomic E-state index is 0. The Morgan fingerprint density at radius 3 is 2.78 bits per heavy atom. The lowest BCUT2D eigenvalue weighted by molar-refractivity contribution is -0.00517. The number of aromatic nitrogens is 2. The van der Waals surface area contributed by atoms with E-state index < -0.39 is 0 Å². The molecule has 1 aromatic heterocycles. The maximum atomic E-state index is 12.8. The van der Waals surface area contributed by atoms with Gasteiger partial charge in [0.2, 0.25) is 0 Å². The van der Waals surface area contributed by atoms with Gasteiger partial charge in [0.25, 0.3) is 5.91 Å². The fraction of sp³-hybridized carbons (Fsp3) is 0.474. The van der Waals surface area contributed by atoms with Crippen LogP contribution in [-0.2, 0) is 17.7 Å². The number of nitrogens with one attached hydrogen (secondary N) is 3. The summed E-state index contributed by atoms with van der Waals surface area (Å²) in [5, 5.41) is 13.6. The summed E-state index contributed by atoms with van der Waals surface area (Å²) < 4.78 is 5.83. The van der Waals surface area contributed by atoms with Crippen molar-refractivity contribution in [1.82, 2.24) is 15.5 Å². The Labute approximate surface area is 165 Å². The van der Waals surface area contributed by atoms with E-state index in [1.165, 1.54) is 0 Å². The van der Waals surface area contributed by atoms with E-state index in [1.54, 1.807) is 0 Å². The average molecular weight is 392 g/mol. The van der Waals surface area contributed by atoms with Gasteiger partial charge >= 0.3 is 0 Å². The smallest absolute Gasteiger partial charge is 0.276 e. The van der Waals surface area contributed by atoms with Crippen molar-refractivity contribution in [3.05, 3.63) is 41.2 Å². The Bertz CT molecular complexity index is 799. The molecular weight excluding hydrogens is 366 g/mol. The predicted molar refractivity (Wildman–Crippen MR) is 108 cm³/mol. The van der Waals surface area contributed by atoms with Crippen molar-refractivity contribution in [3.8, 4) is 0 Å². The number of carbonyl (C=O) groups excluding carboxylic acids is 1. The molecule has 2 aliphatic heterocycles. The van der Waals surface area contributed by atoms with Gasteiger partial charge in [0.05, 0.1) is 23.6 Å². The third kappa shape index (κ3) is 4.10. The maximum absolute atomic E-state index is 12.8. The molecular formula is C19H26ClN5O2. The number of rotatable bonds is 3. The second kappa shape index (κ2) is 8.29. The van der Waals surface area contributed by atoms with Gasteiger partial charge in [-0.15, -0.1) is 12.4 Å². The first-order chi connectivity index (χ1) is 12.6. The van der Waals surface area contributed by atoms with E-state index in [1.807, 2.05) is 24.3 Å². The van der Waals surface area contributed by atoms with E-state index in [0.29, 0.717) is 12.2 Å². The summed E-state index contributed by atoms with van der Waals surface area (Å²) in [6.45, 7) is 7.35. The van der Waals surface area contributed by atoms with Crippen molar-refractivity contribution in [2.75, 3.05) is 29.9 Å². The number of anilines is 2. The monoisotopic (exact) mass is 391 g/mol. The van der Waals surface area contributed by atoms with E-state index in [9.17, 15) is 4.79 Å². The van der Waals surface area contributed by atoms with Crippen molar-refractivity contribution in [2.45, 2.75) is 39.0 Å². The number of H-pyrrole nitrogens is 1. The summed E-state index contributed by atoms with van der Waals surface area (Å²) in [6, 6.07) is 7.92. The molecule has 0 bridgehead atoms. The number of ether oxygens (including phenoxy) is 1. The molecule has 146 valence electrons. The number of amides is 1. The summed E-state index contributed by atoms with van der Waals surface area (Å²) in [4.78, 5) is 15.1. The van der Waals surface area contributed by atoms with Crippen molar-refractivity contribution < 1.29 is 9.53 Å². The molecule has 0 aliphatic carbocycles. The minimum atomic E-state index is -0.173. The molecule has 4 rings (SSSR count). The molecule has 1 amide bonds. The number of carbonyl (C=O) groups is 1. The van der Waals surface area contributed by atoms with Crippen LogP contribution in [-0.4, -0.2) is 47.9 Å². The normalized spacial score (nSPS) is 21.9. The molecule has 2 unspecified atom stereocenters. The third-order valence-corrected chi connectivity index (χ3v) is 4.93. The molecule has 2 atom stereocenters. The first kappa shape index (κ1) is 19.7. The highest BCUT2D eigenvalue weighted by Gasteiger charge is 2.26. The van der Waals surface area contributed by atoms with Gasteiger partial charge in [-0.1, -0.05) is 12.1 Å². The van der Waals surface area contributed by atoms with Crippen LogP contribution in [0.4, 0.5) is 11.4 Å². The fourth-order valence-electron chi connectivity index (χ4n) is 3.82. The number of morpholine rings is 1. The fourth-order valence-corrected chi connectivity index (χ4v) is 3.82. The summed E-state index contributed by atoms with van der Waals surface area (Å²) >= 11 is 0. The first-order valence-electron chi connectivity index (χ1n) is 9.19. The van der Waals surface area contributed by atoms with Crippen LogP contribution in [0.5, 0.6) is 0 Å². The van der Waals surface area contributed by atoms with Gasteiger partial charge in [0, 0.05) is 43.9 Å². The lowest BCUT2D eigenvalue weighted by Gasteiger charge is -2.37. The number of halogens is 1. The zero-order valence-corrected chi connectivity index (χ0v) is 16.4. The Morgan fingerprint density at radius 2 is 2.00 bits per heavy atom. The van der Waals surface area contributed by atoms with Crippen LogP contribution in [0.2, 0.25) is 0 Å². The molecule has 1 aromatic carbocycles. The highest BCUT2D eigenvalue weighted by atomic mass is 35.5. The first-order valence-corrected chi connectivity index (χ1v) is 9.19. The van der Waals surface area contributed by atoms with Crippen LogP contribution in [0.1, 0.15) is 35.6 Å². The molecule has 0 spiro atoms. The summed E-state index contributed by atoms with van der Waals surface area (Å²) in [5.41, 5.74) is 4.33. The van der Waals surface area contributed by atoms with Crippen molar-refractivity contribution >= 4 is 29.7 Å². The summed E-state index contributed by atoms with van der Waals surface area (Å²) in [7, 11) is 0. The number of para-hydroxylation sites is 2. The molecule has 0 radical (unpaired) electrons. The molecule has 0 saturated carbocycles. The van der Waals surface area contributed by atoms with E-state index in [-0.39, 0.29) is 30.5 Å². The van der Waals surface area contributed by atoms with E-state index in [2.05, 4.69) is 39.6 Å². The molecule has 2 aromatic rings. The average Bonchev–Trinajstić information content (AvgIpc) is 3.05. The lowest BCUT2D eigenvalue weighted by atomic mass is 10.1. The van der Waals surface area contributed by atoms with Gasteiger partial charge in [-0.25, -0.2) is 0 Å². The lowest BCUT2D eigenvalue weighted by Crippen LogP contribution is -2.45. The highest BCUT2D eigenvalue weighted by Crippen LogP contribution is 2.29. The SMILES string of the molecule is CC1CN(c2ccccc2NC(=O)c2n[nH]c3c2CNCC3)CC(C)O1.Cl. The Morgan fingerprint density at radius 1 is 1.26 bits per heavy atom. The van der Waals surface area contributed by atoms with Crippen molar-refractivity contribution in [1.29, 1.82) is 0 Å². The number of aromatic amines is 1. The Hall–Kier alpha value is -2.09. The van der Waals surface area contributed by atoms with Gasteiger partial charge in [-0.3, -0.25) is 9.89 Å². The molecule has 27 heavy (non-hydrogen) atoms. The van der Waals surface area contributed by atoms with Crippen LogP contribution in [0, 0.1) is 0 Å². The van der Waals surface area contributed by atoms with Crippen molar-refractivity contribution in [3.63, 3.8) is 0 Å². The molecule has 8 heteroatoms. The van der Waals surface area contributed by atoms with Gasteiger partial charge in [-0.2, -0.15) is 5.10 Å². The van der Waals surface area contributed by atoms with E-state index in [0.717, 1.165) is 48.7 Å². The number of hydrogen-bond donors (Lipinski definition) is 3. The van der Waals surface area contributed by atoms with E-state index in [4.69, 9.17) is 4.74 Å². The Balaban J connectivity index is 0.00000210. The molecule has 1 saturated heterocycles. The van der Waals surface area contributed by atoms with E-state index >= 15 is 0 Å². The number of hydrogen-bond acceptors (Lipinski definition) is 5. The standard InChI is InChI=1S/C19H25N5O2.ClH/c1-12-10-24(11-13(2)26-12)17-6-4-3-5-16(17)21-19(25)18-14-9-20-8-7-15(14)22-23-18;/h3-6,12-13,20H,7-11H2,1-2H3,(H,21,25)(H,22,23);1H. The summed E-state index contributed by atoms with van der Waals surface area (Å²) in [5.74, 6) is -0.173. The number of fused-ring (bicyclic) bond motifs is 1. The largest absolute Gasteiger partial charge is 0.372 e. The van der Waals surface area contributed by atoms with Gasteiger partial charge in [0.15, 0.2) is 5.69 Å². The quantitative estimate of drug-likeness (QED) is 0.748. The molecule has 7 nitrogen and oxygen atoms in total. The predicted octanol–water partition coefficient (Wildman–Crippen LogP) is 2.34. The zero-order valence-electron chi connectivity index (χ0n) is 15.6. The minimum Gasteiger partial charge on any atom is -0.372 e. The van der Waals surface area contributed by atoms with Crippen LogP contribution in [0.25, 0.3) is 0 Å². The van der Waals surface area contributed by atoms with Gasteiger partial charge < -0.3 is 20.3 Å². The van der Waals surface area contributed by atoms with Crippen LogP contribution in [0.15, 0.2) is 24.3 Å². The zero-order chi connectivity index (χ0) is 18.1. The molecule has 3 N–H and O–H groups in total. The number of benzene rings is 1. The maximum Gasteiger partial charge on any atom is 0.276 e. The number of nitrogens with zero attached hydrogens (tertiary/aromatic N) is 2. The van der Waals surface area contributed by atoms with Crippen LogP contribution < -0.4 is 15.5 Å². The van der Waals surface area contributed by atoms with Crippen LogP contribution in [0.3, 0.4) is 0 Å². The van der Waals surface area contributed by atoms with Gasteiger partial charge in [-0.05, 0) is 26.0 Å². The highest BCUT2D eigenvalue weighted by molar-refractivity contribution is 6.05. The topological polar surface area (TPSA) is 82.3 Å². The van der Waals surface area contributed by atoms with Crippen LogP contribution >= 0.6 is 12.4 Å². The second-order valence-electron chi connectivity index (χ2n) is 7.09. The molecule has 2 aliphatic rings. The second-order valence-corrected chi connectivity index (χ2v) is 7.09. The summed E-state index contributed by atoms with van der Waals surface area (Å²) in [6.07, 6.45) is 1.19. The third-order valence-electron chi connectivity index (χ3n) is 4.93. The Kier molecular flexibility index (Phi) is 6.04. The molecule has 1 fully saturated rings.